The molecule has 0 bridgehead atoms. The predicted octanol–water partition coefficient (Wildman–Crippen LogP) is 1.11. The van der Waals surface area contributed by atoms with Crippen LogP contribution in [-0.2, 0) is 27.2 Å². The van der Waals surface area contributed by atoms with Crippen LogP contribution < -0.4 is 21.3 Å². The smallest absolute Gasteiger partial charge is 0.330 e. The van der Waals surface area contributed by atoms with Crippen LogP contribution in [0.2, 0.25) is 5.02 Å². The summed E-state index contributed by atoms with van der Waals surface area (Å²) in [6.07, 6.45) is 2.63. The Morgan fingerprint density at radius 1 is 1.26 bits per heavy atom. The summed E-state index contributed by atoms with van der Waals surface area (Å²) in [6, 6.07) is 6.00. The third kappa shape index (κ3) is 4.10. The summed E-state index contributed by atoms with van der Waals surface area (Å²) in [4.78, 5) is 26.8. The van der Waals surface area contributed by atoms with E-state index in [0.717, 1.165) is 29.6 Å². The summed E-state index contributed by atoms with van der Waals surface area (Å²) in [5, 5.41) is 3.96. The van der Waals surface area contributed by atoms with Crippen molar-refractivity contribution >= 4 is 11.6 Å². The Morgan fingerprint density at radius 2 is 2.00 bits per heavy atom. The number of aryl methyl sites for hydroxylation is 1. The first kappa shape index (κ1) is 19.7. The van der Waals surface area contributed by atoms with Crippen LogP contribution in [0.5, 0.6) is 5.75 Å². The van der Waals surface area contributed by atoms with Crippen molar-refractivity contribution in [3.63, 3.8) is 0 Å². The molecule has 1 N–H and O–H groups in total. The minimum absolute atomic E-state index is 0.259. The first-order valence-electron chi connectivity index (χ1n) is 8.94. The normalized spacial score (nSPS) is 16.9. The summed E-state index contributed by atoms with van der Waals surface area (Å²) >= 11 is 6.49. The van der Waals surface area contributed by atoms with E-state index in [1.54, 1.807) is 20.4 Å². The van der Waals surface area contributed by atoms with Crippen molar-refractivity contribution in [1.29, 1.82) is 0 Å². The standard InChI is InChI=1S/C19H25ClN4O3/c1-22-10-14(18(25)23(2)19(22)26)12-24(15-7-8-21-9-15)11-13-5-4-6-16(27-3)17(13)20/h4-6,10,15,21H,7-9,11-12H2,1-3H3. The van der Waals surface area contributed by atoms with Gasteiger partial charge >= 0.3 is 5.69 Å². The van der Waals surface area contributed by atoms with Gasteiger partial charge in [0.2, 0.25) is 0 Å². The minimum atomic E-state index is -0.325. The molecule has 2 aromatic rings. The van der Waals surface area contributed by atoms with Crippen molar-refractivity contribution in [2.24, 2.45) is 14.1 Å². The summed E-state index contributed by atoms with van der Waals surface area (Å²) < 4.78 is 7.92. The Balaban J connectivity index is 1.94. The Kier molecular flexibility index (Phi) is 6.04. The Hall–Kier alpha value is -2.09. The highest BCUT2D eigenvalue weighted by Crippen LogP contribution is 2.29. The molecule has 0 amide bonds. The first-order chi connectivity index (χ1) is 12.9. The molecular weight excluding hydrogens is 368 g/mol. The number of methoxy groups -OCH3 is 1. The SMILES string of the molecule is COc1cccc(CN(Cc2cn(C)c(=O)n(C)c2=O)C2CCNC2)c1Cl. The zero-order valence-corrected chi connectivity index (χ0v) is 16.6. The van der Waals surface area contributed by atoms with Crippen LogP contribution in [0.25, 0.3) is 0 Å². The molecule has 7 nitrogen and oxygen atoms in total. The van der Waals surface area contributed by atoms with Crippen molar-refractivity contribution in [1.82, 2.24) is 19.4 Å². The fourth-order valence-electron chi connectivity index (χ4n) is 3.53. The molecule has 1 fully saturated rings. The second kappa shape index (κ2) is 8.29. The molecule has 3 rings (SSSR count). The van der Waals surface area contributed by atoms with Crippen molar-refractivity contribution in [2.45, 2.75) is 25.6 Å². The van der Waals surface area contributed by atoms with Gasteiger partial charge in [0.15, 0.2) is 0 Å². The molecule has 2 heterocycles. The number of nitrogens with zero attached hydrogens (tertiary/aromatic N) is 3. The van der Waals surface area contributed by atoms with E-state index in [1.165, 1.54) is 11.6 Å². The van der Waals surface area contributed by atoms with Crippen LogP contribution in [0.15, 0.2) is 34.0 Å². The summed E-state index contributed by atoms with van der Waals surface area (Å²) in [7, 11) is 4.76. The van der Waals surface area contributed by atoms with Gasteiger partial charge in [-0.15, -0.1) is 0 Å². The fourth-order valence-corrected chi connectivity index (χ4v) is 3.79. The van der Waals surface area contributed by atoms with Gasteiger partial charge in [-0.3, -0.25) is 14.3 Å². The molecule has 1 aliphatic heterocycles. The van der Waals surface area contributed by atoms with Gasteiger partial charge in [0.05, 0.1) is 12.1 Å². The highest BCUT2D eigenvalue weighted by atomic mass is 35.5. The van der Waals surface area contributed by atoms with E-state index >= 15 is 0 Å². The van der Waals surface area contributed by atoms with E-state index in [2.05, 4.69) is 10.2 Å². The summed E-state index contributed by atoms with van der Waals surface area (Å²) in [6.45, 7) is 2.83. The van der Waals surface area contributed by atoms with Crippen LogP contribution in [0.1, 0.15) is 17.5 Å². The second-order valence-electron chi connectivity index (χ2n) is 6.90. The number of ether oxygens (including phenoxy) is 1. The van der Waals surface area contributed by atoms with Gasteiger partial charge in [-0.1, -0.05) is 23.7 Å². The van der Waals surface area contributed by atoms with E-state index in [9.17, 15) is 9.59 Å². The van der Waals surface area contributed by atoms with E-state index < -0.39 is 0 Å². The highest BCUT2D eigenvalue weighted by Gasteiger charge is 2.25. The van der Waals surface area contributed by atoms with E-state index in [0.29, 0.717) is 29.4 Å². The lowest BCUT2D eigenvalue weighted by atomic mass is 10.1. The molecule has 0 radical (unpaired) electrons. The van der Waals surface area contributed by atoms with Crippen LogP contribution in [0, 0.1) is 0 Å². The molecule has 1 atom stereocenters. The van der Waals surface area contributed by atoms with E-state index in [1.807, 2.05) is 18.2 Å². The fraction of sp³-hybridized carbons (Fsp3) is 0.474. The summed E-state index contributed by atoms with van der Waals surface area (Å²) in [5.41, 5.74) is 0.953. The van der Waals surface area contributed by atoms with Gasteiger partial charge in [0.25, 0.3) is 5.56 Å². The molecule has 1 saturated heterocycles. The number of hydrogen-bond donors (Lipinski definition) is 1. The number of hydrogen-bond acceptors (Lipinski definition) is 5. The first-order valence-corrected chi connectivity index (χ1v) is 9.32. The van der Waals surface area contributed by atoms with Crippen LogP contribution >= 0.6 is 11.6 Å². The van der Waals surface area contributed by atoms with E-state index in [-0.39, 0.29) is 17.3 Å². The van der Waals surface area contributed by atoms with Gasteiger partial charge in [0, 0.05) is 51.5 Å². The third-order valence-corrected chi connectivity index (χ3v) is 5.51. The Bertz CT molecular complexity index is 932. The number of halogens is 1. The summed E-state index contributed by atoms with van der Waals surface area (Å²) in [5.74, 6) is 0.636. The third-order valence-electron chi connectivity index (χ3n) is 5.08. The average Bonchev–Trinajstić information content (AvgIpc) is 3.20. The maximum absolute atomic E-state index is 12.6. The van der Waals surface area contributed by atoms with Crippen LogP contribution in [0.3, 0.4) is 0 Å². The number of aromatic nitrogens is 2. The lowest BCUT2D eigenvalue weighted by molar-refractivity contribution is 0.188. The lowest BCUT2D eigenvalue weighted by Crippen LogP contribution is -2.42. The largest absolute Gasteiger partial charge is 0.495 e. The maximum atomic E-state index is 12.6. The lowest BCUT2D eigenvalue weighted by Gasteiger charge is -2.29. The molecule has 8 heteroatoms. The number of nitrogens with one attached hydrogen (secondary N) is 1. The van der Waals surface area contributed by atoms with Crippen molar-refractivity contribution in [3.05, 3.63) is 61.4 Å². The topological polar surface area (TPSA) is 68.5 Å². The van der Waals surface area contributed by atoms with Gasteiger partial charge in [-0.2, -0.15) is 0 Å². The zero-order chi connectivity index (χ0) is 19.6. The van der Waals surface area contributed by atoms with Gasteiger partial charge < -0.3 is 14.6 Å². The Labute approximate surface area is 163 Å². The highest BCUT2D eigenvalue weighted by molar-refractivity contribution is 6.32. The van der Waals surface area contributed by atoms with Crippen LogP contribution in [-0.4, -0.2) is 40.3 Å². The quantitative estimate of drug-likeness (QED) is 0.797. The molecular formula is C19H25ClN4O3. The number of rotatable bonds is 6. The number of benzene rings is 1. The van der Waals surface area contributed by atoms with Gasteiger partial charge in [-0.25, -0.2) is 4.79 Å². The van der Waals surface area contributed by atoms with Gasteiger partial charge in [0.1, 0.15) is 5.75 Å². The molecule has 0 aliphatic carbocycles. The van der Waals surface area contributed by atoms with Crippen molar-refractivity contribution in [3.8, 4) is 5.75 Å². The molecule has 1 unspecified atom stereocenters. The molecule has 27 heavy (non-hydrogen) atoms. The molecule has 1 aromatic heterocycles. The molecule has 1 aliphatic rings. The molecule has 1 aromatic carbocycles. The minimum Gasteiger partial charge on any atom is -0.495 e. The molecule has 0 saturated carbocycles. The second-order valence-corrected chi connectivity index (χ2v) is 7.27. The van der Waals surface area contributed by atoms with Crippen LogP contribution in [0.4, 0.5) is 0 Å². The average molecular weight is 393 g/mol. The van der Waals surface area contributed by atoms with E-state index in [4.69, 9.17) is 16.3 Å². The molecule has 146 valence electrons. The van der Waals surface area contributed by atoms with Crippen molar-refractivity contribution in [2.75, 3.05) is 20.2 Å². The zero-order valence-electron chi connectivity index (χ0n) is 15.9. The molecule has 0 spiro atoms. The Morgan fingerprint density at radius 3 is 2.67 bits per heavy atom. The van der Waals surface area contributed by atoms with Gasteiger partial charge in [-0.05, 0) is 24.6 Å². The predicted molar refractivity (Wildman–Crippen MR) is 105 cm³/mol. The maximum Gasteiger partial charge on any atom is 0.330 e. The monoisotopic (exact) mass is 392 g/mol. The van der Waals surface area contributed by atoms with Crippen molar-refractivity contribution < 1.29 is 4.74 Å².